The number of carboxylic acid groups (broad SMARTS) is 1. The van der Waals surface area contributed by atoms with Crippen molar-refractivity contribution in [3.05, 3.63) is 12.3 Å². The molecule has 0 saturated carbocycles. The van der Waals surface area contributed by atoms with E-state index < -0.39 is 18.2 Å². The van der Waals surface area contributed by atoms with Crippen LogP contribution >= 0.6 is 0 Å². The number of ether oxygens (including phenoxy) is 1. The van der Waals surface area contributed by atoms with Crippen LogP contribution in [0.2, 0.25) is 0 Å². The van der Waals surface area contributed by atoms with Crippen molar-refractivity contribution in [2.45, 2.75) is 26.1 Å². The largest absolute Gasteiger partial charge is 0.483 e. The number of hydrogen-bond donors (Lipinski definition) is 2. The summed E-state index contributed by atoms with van der Waals surface area (Å²) in [6, 6.07) is 0. The molecule has 0 aliphatic carbocycles. The van der Waals surface area contributed by atoms with Gasteiger partial charge in [-0.2, -0.15) is 0 Å². The molecular formula is C7H12O4. The topological polar surface area (TPSA) is 66.8 Å². The number of hydrogen-bond acceptors (Lipinski definition) is 3. The summed E-state index contributed by atoms with van der Waals surface area (Å²) in [6.07, 6.45) is 0.370. The molecule has 2 N–H and O–H groups in total. The van der Waals surface area contributed by atoms with E-state index in [9.17, 15) is 4.79 Å². The first-order valence-electron chi connectivity index (χ1n) is 3.45. The molecular weight excluding hydrogens is 148 g/mol. The second-order valence-corrected chi connectivity index (χ2v) is 1.71. The number of aliphatic hydroxyl groups is 1. The maximum atomic E-state index is 10.1. The highest BCUT2D eigenvalue weighted by Gasteiger charge is 2.28. The Labute approximate surface area is 65.1 Å². The van der Waals surface area contributed by atoms with Crippen LogP contribution in [0.1, 0.15) is 13.8 Å². The summed E-state index contributed by atoms with van der Waals surface area (Å²) in [4.78, 5) is 10.1. The molecule has 11 heavy (non-hydrogen) atoms. The van der Waals surface area contributed by atoms with Crippen molar-refractivity contribution in [2.24, 2.45) is 0 Å². The van der Waals surface area contributed by atoms with Gasteiger partial charge in [0.25, 0.3) is 0 Å². The Balaban J connectivity index is 0.000000461. The first-order valence-corrected chi connectivity index (χ1v) is 3.45. The lowest BCUT2D eigenvalue weighted by atomic mass is 10.2. The van der Waals surface area contributed by atoms with Crippen molar-refractivity contribution < 1.29 is 19.7 Å². The fourth-order valence-corrected chi connectivity index (χ4v) is 0.596. The Morgan fingerprint density at radius 2 is 2.09 bits per heavy atom. The summed E-state index contributed by atoms with van der Waals surface area (Å²) >= 11 is 0. The predicted molar refractivity (Wildman–Crippen MR) is 39.0 cm³/mol. The van der Waals surface area contributed by atoms with Gasteiger partial charge in [0.15, 0.2) is 0 Å². The normalized spacial score (nSPS) is 26.8. The molecule has 2 unspecified atom stereocenters. The van der Waals surface area contributed by atoms with E-state index >= 15 is 0 Å². The van der Waals surface area contributed by atoms with Gasteiger partial charge in [-0.25, -0.2) is 4.79 Å². The van der Waals surface area contributed by atoms with Crippen LogP contribution in [0.3, 0.4) is 0 Å². The summed E-state index contributed by atoms with van der Waals surface area (Å²) in [6.45, 7) is 4.00. The number of carboxylic acids is 1. The molecule has 4 heteroatoms. The van der Waals surface area contributed by atoms with Crippen molar-refractivity contribution in [1.82, 2.24) is 0 Å². The van der Waals surface area contributed by atoms with Crippen LogP contribution in [-0.2, 0) is 9.53 Å². The van der Waals surface area contributed by atoms with Gasteiger partial charge in [0.1, 0.15) is 6.10 Å². The van der Waals surface area contributed by atoms with Crippen molar-refractivity contribution in [3.63, 3.8) is 0 Å². The molecule has 0 saturated heterocycles. The highest BCUT2D eigenvalue weighted by atomic mass is 16.5. The molecule has 0 radical (unpaired) electrons. The van der Waals surface area contributed by atoms with Crippen molar-refractivity contribution >= 4 is 5.97 Å². The Morgan fingerprint density at radius 1 is 1.55 bits per heavy atom. The molecule has 0 amide bonds. The van der Waals surface area contributed by atoms with Gasteiger partial charge >= 0.3 is 5.97 Å². The Hall–Kier alpha value is -1.03. The lowest BCUT2D eigenvalue weighted by Gasteiger charge is -2.06. The van der Waals surface area contributed by atoms with Crippen LogP contribution in [0.15, 0.2) is 12.3 Å². The van der Waals surface area contributed by atoms with E-state index in [1.54, 1.807) is 0 Å². The third kappa shape index (κ3) is 2.59. The summed E-state index contributed by atoms with van der Waals surface area (Å²) in [7, 11) is 0. The van der Waals surface area contributed by atoms with Crippen LogP contribution < -0.4 is 0 Å². The van der Waals surface area contributed by atoms with Crippen LogP contribution in [0.4, 0.5) is 0 Å². The number of rotatable bonds is 1. The first-order chi connectivity index (χ1) is 5.22. The average molecular weight is 160 g/mol. The van der Waals surface area contributed by atoms with Gasteiger partial charge in [-0.15, -0.1) is 0 Å². The molecule has 0 aromatic heterocycles. The van der Waals surface area contributed by atoms with Gasteiger partial charge in [-0.3, -0.25) is 0 Å². The molecule has 0 aromatic rings. The number of aliphatic carboxylic acids is 1. The molecule has 0 fully saturated rings. The van der Waals surface area contributed by atoms with E-state index in [2.05, 4.69) is 4.74 Å². The summed E-state index contributed by atoms with van der Waals surface area (Å²) in [5.41, 5.74) is 0. The van der Waals surface area contributed by atoms with Crippen molar-refractivity contribution in [3.8, 4) is 0 Å². The lowest BCUT2D eigenvalue weighted by Crippen LogP contribution is -2.30. The van der Waals surface area contributed by atoms with Crippen LogP contribution in [0.5, 0.6) is 0 Å². The van der Waals surface area contributed by atoms with E-state index in [1.165, 1.54) is 12.3 Å². The summed E-state index contributed by atoms with van der Waals surface area (Å²) in [5, 5.41) is 17.0. The molecule has 2 atom stereocenters. The van der Waals surface area contributed by atoms with Gasteiger partial charge < -0.3 is 14.9 Å². The molecule has 0 spiro atoms. The van der Waals surface area contributed by atoms with Gasteiger partial charge in [-0.1, -0.05) is 13.8 Å². The second kappa shape index (κ2) is 4.73. The first kappa shape index (κ1) is 9.97. The zero-order valence-corrected chi connectivity index (χ0v) is 6.52. The molecule has 1 aliphatic heterocycles. The van der Waals surface area contributed by atoms with E-state index in [-0.39, 0.29) is 0 Å². The Kier molecular flexibility index (Phi) is 4.29. The van der Waals surface area contributed by atoms with Crippen LogP contribution in [-0.4, -0.2) is 28.4 Å². The van der Waals surface area contributed by atoms with Crippen LogP contribution in [0.25, 0.3) is 0 Å². The minimum Gasteiger partial charge on any atom is -0.483 e. The summed E-state index contributed by atoms with van der Waals surface area (Å²) in [5.74, 6) is -1.15. The van der Waals surface area contributed by atoms with Gasteiger partial charge in [-0.05, 0) is 6.08 Å². The van der Waals surface area contributed by atoms with Gasteiger partial charge in [0.2, 0.25) is 6.10 Å². The molecule has 1 rings (SSSR count). The van der Waals surface area contributed by atoms with E-state index in [4.69, 9.17) is 10.2 Å². The zero-order chi connectivity index (χ0) is 8.85. The minimum atomic E-state index is -1.15. The van der Waals surface area contributed by atoms with Crippen molar-refractivity contribution in [1.29, 1.82) is 0 Å². The molecule has 0 bridgehead atoms. The molecule has 1 aliphatic rings. The smallest absolute Gasteiger partial charge is 0.347 e. The monoisotopic (exact) mass is 160 g/mol. The quantitative estimate of drug-likeness (QED) is 0.581. The number of aliphatic hydroxyl groups excluding tert-OH is 1. The maximum absolute atomic E-state index is 10.1. The SMILES string of the molecule is CC.O=C(O)C1OC=CC1O. The highest BCUT2D eigenvalue weighted by molar-refractivity contribution is 5.74. The molecule has 64 valence electrons. The predicted octanol–water partition coefficient (Wildman–Crippen LogP) is 0.371. The highest BCUT2D eigenvalue weighted by Crippen LogP contribution is 2.09. The Bertz CT molecular complexity index is 153. The third-order valence-electron chi connectivity index (χ3n) is 1.05. The minimum absolute atomic E-state index is 0.998. The third-order valence-corrected chi connectivity index (χ3v) is 1.05. The zero-order valence-electron chi connectivity index (χ0n) is 6.52. The van der Waals surface area contributed by atoms with Crippen LogP contribution in [0, 0.1) is 0 Å². The van der Waals surface area contributed by atoms with Gasteiger partial charge in [0, 0.05) is 0 Å². The molecule has 0 aromatic carbocycles. The molecule has 4 nitrogen and oxygen atoms in total. The number of carbonyl (C=O) groups is 1. The van der Waals surface area contributed by atoms with E-state index in [0.29, 0.717) is 0 Å². The van der Waals surface area contributed by atoms with E-state index in [1.807, 2.05) is 13.8 Å². The maximum Gasteiger partial charge on any atom is 0.347 e. The van der Waals surface area contributed by atoms with Crippen molar-refractivity contribution in [2.75, 3.05) is 0 Å². The Morgan fingerprint density at radius 3 is 2.27 bits per heavy atom. The lowest BCUT2D eigenvalue weighted by molar-refractivity contribution is -0.149. The van der Waals surface area contributed by atoms with Gasteiger partial charge in [0.05, 0.1) is 6.26 Å². The fraction of sp³-hybridized carbons (Fsp3) is 0.571. The second-order valence-electron chi connectivity index (χ2n) is 1.71. The van der Waals surface area contributed by atoms with E-state index in [0.717, 1.165) is 0 Å². The standard InChI is InChI=1S/C5H6O4.C2H6/c6-3-1-2-9-4(3)5(7)8;1-2/h1-4,6H,(H,7,8);1-2H3. The average Bonchev–Trinajstić information content (AvgIpc) is 2.39. The fourth-order valence-electron chi connectivity index (χ4n) is 0.596. The summed E-state index contributed by atoms with van der Waals surface area (Å²) < 4.78 is 4.50. The molecule has 1 heterocycles.